The molecule has 0 saturated heterocycles. The van der Waals surface area contributed by atoms with Gasteiger partial charge < -0.3 is 20.1 Å². The molecule has 2 aliphatic carbocycles. The molecule has 0 aromatic heterocycles. The van der Waals surface area contributed by atoms with E-state index in [2.05, 4.69) is 17.6 Å². The Morgan fingerprint density at radius 2 is 2.00 bits per heavy atom. The van der Waals surface area contributed by atoms with Gasteiger partial charge in [0.2, 0.25) is 5.91 Å². The topological polar surface area (TPSA) is 59.6 Å². The molecule has 2 saturated carbocycles. The largest absolute Gasteiger partial charge is 0.493 e. The number of amides is 1. The summed E-state index contributed by atoms with van der Waals surface area (Å²) in [7, 11) is 3.23. The minimum absolute atomic E-state index is 0.0322. The Labute approximate surface area is 150 Å². The van der Waals surface area contributed by atoms with Crippen LogP contribution < -0.4 is 20.1 Å². The molecule has 0 spiro atoms. The molecule has 25 heavy (non-hydrogen) atoms. The molecule has 2 bridgehead atoms. The van der Waals surface area contributed by atoms with Crippen LogP contribution in [-0.2, 0) is 11.3 Å². The van der Waals surface area contributed by atoms with Crippen molar-refractivity contribution < 1.29 is 14.3 Å². The van der Waals surface area contributed by atoms with Crippen molar-refractivity contribution >= 4 is 5.91 Å². The van der Waals surface area contributed by atoms with Crippen LogP contribution >= 0.6 is 0 Å². The molecule has 0 radical (unpaired) electrons. The summed E-state index contributed by atoms with van der Waals surface area (Å²) < 4.78 is 10.5. The molecular formula is C20H30N2O3. The lowest BCUT2D eigenvalue weighted by molar-refractivity contribution is -0.120. The minimum atomic E-state index is 0.0322. The zero-order valence-electron chi connectivity index (χ0n) is 15.5. The first-order valence-electron chi connectivity index (χ1n) is 9.31. The summed E-state index contributed by atoms with van der Waals surface area (Å²) in [4.78, 5) is 12.1. The van der Waals surface area contributed by atoms with Crippen molar-refractivity contribution in [1.29, 1.82) is 0 Å². The molecular weight excluding hydrogens is 316 g/mol. The molecule has 0 heterocycles. The first kappa shape index (κ1) is 18.1. The lowest BCUT2D eigenvalue weighted by atomic mass is 9.84. The molecule has 4 atom stereocenters. The highest BCUT2D eigenvalue weighted by molar-refractivity contribution is 5.78. The number of rotatable bonds is 8. The highest BCUT2D eigenvalue weighted by Crippen LogP contribution is 2.49. The van der Waals surface area contributed by atoms with Gasteiger partial charge >= 0.3 is 0 Å². The van der Waals surface area contributed by atoms with Crippen molar-refractivity contribution in [3.8, 4) is 11.5 Å². The first-order valence-corrected chi connectivity index (χ1v) is 9.31. The van der Waals surface area contributed by atoms with E-state index < -0.39 is 0 Å². The van der Waals surface area contributed by atoms with Gasteiger partial charge in [0.05, 0.1) is 20.8 Å². The Morgan fingerprint density at radius 1 is 1.20 bits per heavy atom. The first-order chi connectivity index (χ1) is 12.1. The number of carbonyl (C=O) groups is 1. The van der Waals surface area contributed by atoms with Gasteiger partial charge in [-0.05, 0) is 61.6 Å². The highest BCUT2D eigenvalue weighted by atomic mass is 16.5. The fraction of sp³-hybridized carbons (Fsp3) is 0.650. The Hall–Kier alpha value is -1.75. The van der Waals surface area contributed by atoms with Crippen LogP contribution in [-0.4, -0.2) is 32.7 Å². The average Bonchev–Trinajstić information content (AvgIpc) is 3.27. The van der Waals surface area contributed by atoms with Crippen LogP contribution in [0.25, 0.3) is 0 Å². The third kappa shape index (κ3) is 4.27. The summed E-state index contributed by atoms with van der Waals surface area (Å²) in [6.07, 6.45) is 5.54. The minimum Gasteiger partial charge on any atom is -0.493 e. The van der Waals surface area contributed by atoms with E-state index in [0.29, 0.717) is 30.6 Å². The molecule has 1 aromatic rings. The maximum Gasteiger partial charge on any atom is 0.234 e. The second kappa shape index (κ2) is 8.09. The van der Waals surface area contributed by atoms with Crippen molar-refractivity contribution in [1.82, 2.24) is 10.6 Å². The maximum absolute atomic E-state index is 12.1. The summed E-state index contributed by atoms with van der Waals surface area (Å²) in [5.74, 6) is 3.97. The number of benzene rings is 1. The third-order valence-electron chi connectivity index (χ3n) is 5.96. The number of ether oxygens (including phenoxy) is 2. The zero-order chi connectivity index (χ0) is 17.8. The fourth-order valence-corrected chi connectivity index (χ4v) is 4.57. The summed E-state index contributed by atoms with van der Waals surface area (Å²) in [5.41, 5.74) is 0.993. The predicted molar refractivity (Wildman–Crippen MR) is 97.8 cm³/mol. The Kier molecular flexibility index (Phi) is 5.84. The third-order valence-corrected chi connectivity index (χ3v) is 5.96. The Balaban J connectivity index is 1.42. The SMILES string of the molecule is COc1ccc(CNC(=O)CN[C@@H](C)[C@H]2C[C@H]3CC[C@H]2C3)cc1OC. The summed E-state index contributed by atoms with van der Waals surface area (Å²) in [6, 6.07) is 6.11. The van der Waals surface area contributed by atoms with E-state index in [9.17, 15) is 4.79 Å². The molecule has 2 N–H and O–H groups in total. The predicted octanol–water partition coefficient (Wildman–Crippen LogP) is 2.73. The van der Waals surface area contributed by atoms with Crippen molar-refractivity contribution in [2.45, 2.75) is 45.2 Å². The van der Waals surface area contributed by atoms with E-state index in [-0.39, 0.29) is 5.91 Å². The van der Waals surface area contributed by atoms with E-state index >= 15 is 0 Å². The second-order valence-corrected chi connectivity index (χ2v) is 7.47. The Morgan fingerprint density at radius 3 is 2.64 bits per heavy atom. The average molecular weight is 346 g/mol. The van der Waals surface area contributed by atoms with Crippen LogP contribution in [0, 0.1) is 17.8 Å². The molecule has 2 fully saturated rings. The fourth-order valence-electron chi connectivity index (χ4n) is 4.57. The van der Waals surface area contributed by atoms with Crippen molar-refractivity contribution in [2.75, 3.05) is 20.8 Å². The zero-order valence-corrected chi connectivity index (χ0v) is 15.5. The van der Waals surface area contributed by atoms with Gasteiger partial charge in [0.15, 0.2) is 11.5 Å². The second-order valence-electron chi connectivity index (χ2n) is 7.47. The number of fused-ring (bicyclic) bond motifs is 2. The van der Waals surface area contributed by atoms with Gasteiger partial charge in [-0.3, -0.25) is 4.79 Å². The maximum atomic E-state index is 12.1. The van der Waals surface area contributed by atoms with E-state index in [1.165, 1.54) is 25.7 Å². The molecule has 3 rings (SSSR count). The van der Waals surface area contributed by atoms with Crippen molar-refractivity contribution in [3.63, 3.8) is 0 Å². The lowest BCUT2D eigenvalue weighted by Crippen LogP contribution is -2.42. The number of hydrogen-bond acceptors (Lipinski definition) is 4. The number of nitrogens with one attached hydrogen (secondary N) is 2. The van der Waals surface area contributed by atoms with Crippen LogP contribution in [0.4, 0.5) is 0 Å². The summed E-state index contributed by atoms with van der Waals surface area (Å²) >= 11 is 0. The number of hydrogen-bond donors (Lipinski definition) is 2. The van der Waals surface area contributed by atoms with Gasteiger partial charge in [0, 0.05) is 12.6 Å². The van der Waals surface area contributed by atoms with Gasteiger partial charge in [0.25, 0.3) is 0 Å². The molecule has 1 aromatic carbocycles. The summed E-state index contributed by atoms with van der Waals surface area (Å²) in [6.45, 7) is 3.10. The number of carbonyl (C=O) groups excluding carboxylic acids is 1. The van der Waals surface area contributed by atoms with Gasteiger partial charge in [-0.15, -0.1) is 0 Å². The molecule has 5 nitrogen and oxygen atoms in total. The number of methoxy groups -OCH3 is 2. The smallest absolute Gasteiger partial charge is 0.234 e. The molecule has 138 valence electrons. The van der Waals surface area contributed by atoms with Gasteiger partial charge in [-0.25, -0.2) is 0 Å². The van der Waals surface area contributed by atoms with E-state index in [0.717, 1.165) is 23.3 Å². The van der Waals surface area contributed by atoms with Crippen molar-refractivity contribution in [2.24, 2.45) is 17.8 Å². The van der Waals surface area contributed by atoms with Crippen LogP contribution in [0.5, 0.6) is 11.5 Å². The lowest BCUT2D eigenvalue weighted by Gasteiger charge is -2.28. The van der Waals surface area contributed by atoms with E-state index in [1.54, 1.807) is 14.2 Å². The quantitative estimate of drug-likeness (QED) is 0.760. The van der Waals surface area contributed by atoms with E-state index in [1.807, 2.05) is 18.2 Å². The van der Waals surface area contributed by atoms with E-state index in [4.69, 9.17) is 9.47 Å². The molecule has 2 aliphatic rings. The van der Waals surface area contributed by atoms with Crippen molar-refractivity contribution in [3.05, 3.63) is 23.8 Å². The highest BCUT2D eigenvalue weighted by Gasteiger charge is 2.41. The van der Waals surface area contributed by atoms with Crippen LogP contribution in [0.15, 0.2) is 18.2 Å². The van der Waals surface area contributed by atoms with Gasteiger partial charge in [-0.1, -0.05) is 12.5 Å². The standard InChI is InChI=1S/C20H30N2O3/c1-13(17-9-14-4-6-16(17)8-14)21-12-20(23)22-11-15-5-7-18(24-2)19(10-15)25-3/h5,7,10,13-14,16-17,21H,4,6,8-9,11-12H2,1-3H3,(H,22,23)/t13-,14-,16-,17+/m0/s1. The van der Waals surface area contributed by atoms with Crippen LogP contribution in [0.2, 0.25) is 0 Å². The molecule has 1 amide bonds. The normalized spacial score (nSPS) is 25.6. The molecule has 0 unspecified atom stereocenters. The Bertz CT molecular complexity index is 605. The van der Waals surface area contributed by atoms with Crippen LogP contribution in [0.1, 0.15) is 38.2 Å². The van der Waals surface area contributed by atoms with Crippen LogP contribution in [0.3, 0.4) is 0 Å². The molecule has 5 heteroatoms. The van der Waals surface area contributed by atoms with Gasteiger partial charge in [-0.2, -0.15) is 0 Å². The monoisotopic (exact) mass is 346 g/mol. The summed E-state index contributed by atoms with van der Waals surface area (Å²) in [5, 5.41) is 6.40. The van der Waals surface area contributed by atoms with Gasteiger partial charge in [0.1, 0.15) is 0 Å². The molecule has 0 aliphatic heterocycles.